The zero-order valence-corrected chi connectivity index (χ0v) is 9.81. The second-order valence-corrected chi connectivity index (χ2v) is 3.90. The van der Waals surface area contributed by atoms with E-state index in [1.807, 2.05) is 0 Å². The number of alkyl halides is 13. The maximum absolute atomic E-state index is 12.7. The highest BCUT2D eigenvalue weighted by Gasteiger charge is 2.75. The van der Waals surface area contributed by atoms with Crippen LogP contribution < -0.4 is 0 Å². The number of hydrogen-bond donors (Lipinski definition) is 0. The van der Waals surface area contributed by atoms with Gasteiger partial charge in [-0.3, -0.25) is 0 Å². The molecule has 0 aromatic carbocycles. The SMILES string of the molecule is FC(F)C(F)(F)C(F)(F)C(F)(F)COCC(F)(F)C(F)(F)F. The van der Waals surface area contributed by atoms with Crippen LogP contribution in [-0.2, 0) is 4.74 Å². The van der Waals surface area contributed by atoms with Gasteiger partial charge < -0.3 is 4.74 Å². The average Bonchev–Trinajstić information content (AvgIpc) is 2.25. The summed E-state index contributed by atoms with van der Waals surface area (Å²) >= 11 is 0. The quantitative estimate of drug-likeness (QED) is 0.610. The van der Waals surface area contributed by atoms with Crippen LogP contribution in [0.2, 0.25) is 0 Å². The highest BCUT2D eigenvalue weighted by Crippen LogP contribution is 2.48. The van der Waals surface area contributed by atoms with Gasteiger partial charge in [-0.15, -0.1) is 0 Å². The fourth-order valence-electron chi connectivity index (χ4n) is 0.861. The fourth-order valence-corrected chi connectivity index (χ4v) is 0.861. The Morgan fingerprint density at radius 2 is 1.00 bits per heavy atom. The van der Waals surface area contributed by atoms with E-state index in [0.717, 1.165) is 0 Å². The molecule has 22 heavy (non-hydrogen) atoms. The van der Waals surface area contributed by atoms with Crippen molar-refractivity contribution >= 4 is 0 Å². The Kier molecular flexibility index (Phi) is 5.67. The molecule has 0 aliphatic heterocycles. The zero-order valence-electron chi connectivity index (χ0n) is 9.81. The van der Waals surface area contributed by atoms with Crippen LogP contribution in [0.25, 0.3) is 0 Å². The van der Waals surface area contributed by atoms with Gasteiger partial charge in [0.1, 0.15) is 13.2 Å². The van der Waals surface area contributed by atoms with E-state index in [9.17, 15) is 57.1 Å². The minimum Gasteiger partial charge on any atom is -0.368 e. The van der Waals surface area contributed by atoms with Crippen molar-refractivity contribution in [2.75, 3.05) is 13.2 Å². The largest absolute Gasteiger partial charge is 0.455 e. The summed E-state index contributed by atoms with van der Waals surface area (Å²) < 4.78 is 161. The van der Waals surface area contributed by atoms with E-state index in [1.54, 1.807) is 0 Å². The predicted octanol–water partition coefficient (Wildman–Crippen LogP) is 4.37. The molecule has 0 saturated heterocycles. The molecule has 0 aromatic heterocycles. The van der Waals surface area contributed by atoms with Gasteiger partial charge in [0.25, 0.3) is 0 Å². The first-order valence-electron chi connectivity index (χ1n) is 4.84. The summed E-state index contributed by atoms with van der Waals surface area (Å²) in [6.45, 7) is -5.95. The van der Waals surface area contributed by atoms with Gasteiger partial charge in [0.2, 0.25) is 0 Å². The molecule has 0 radical (unpaired) electrons. The summed E-state index contributed by atoms with van der Waals surface area (Å²) in [6.07, 6.45) is -11.5. The van der Waals surface area contributed by atoms with Crippen LogP contribution in [-0.4, -0.2) is 49.5 Å². The fraction of sp³-hybridized carbons (Fsp3) is 1.00. The molecule has 0 aliphatic carbocycles. The lowest BCUT2D eigenvalue weighted by Gasteiger charge is -2.32. The number of ether oxygens (including phenoxy) is 1. The molecule has 0 spiro atoms. The Morgan fingerprint density at radius 3 is 1.32 bits per heavy atom. The van der Waals surface area contributed by atoms with E-state index in [2.05, 4.69) is 4.74 Å². The number of rotatable bonds is 7. The molecule has 0 heterocycles. The van der Waals surface area contributed by atoms with Crippen molar-refractivity contribution in [1.82, 2.24) is 0 Å². The summed E-state index contributed by atoms with van der Waals surface area (Å²) in [6, 6.07) is 0. The van der Waals surface area contributed by atoms with Gasteiger partial charge in [0.05, 0.1) is 0 Å². The van der Waals surface area contributed by atoms with Crippen LogP contribution >= 0.6 is 0 Å². The maximum atomic E-state index is 12.7. The molecule has 0 saturated carbocycles. The Labute approximate surface area is 113 Å². The zero-order chi connectivity index (χ0) is 18.2. The smallest absolute Gasteiger partial charge is 0.368 e. The van der Waals surface area contributed by atoms with Gasteiger partial charge in [-0.2, -0.15) is 48.3 Å². The Balaban J connectivity index is 4.99. The molecule has 14 heteroatoms. The summed E-state index contributed by atoms with van der Waals surface area (Å²) in [7, 11) is 0. The summed E-state index contributed by atoms with van der Waals surface area (Å²) in [4.78, 5) is 0. The Morgan fingerprint density at radius 1 is 0.636 bits per heavy atom. The first-order valence-corrected chi connectivity index (χ1v) is 4.84. The first-order chi connectivity index (χ1) is 9.40. The number of hydrogen-bond acceptors (Lipinski definition) is 1. The van der Waals surface area contributed by atoms with Gasteiger partial charge in [-0.25, -0.2) is 8.78 Å². The third-order valence-electron chi connectivity index (χ3n) is 2.13. The molecule has 0 aliphatic rings. The molecule has 1 nitrogen and oxygen atoms in total. The van der Waals surface area contributed by atoms with Crippen molar-refractivity contribution in [3.05, 3.63) is 0 Å². The lowest BCUT2D eigenvalue weighted by Crippen LogP contribution is -2.59. The monoisotopic (exact) mass is 364 g/mol. The van der Waals surface area contributed by atoms with E-state index in [4.69, 9.17) is 0 Å². The van der Waals surface area contributed by atoms with Crippen molar-refractivity contribution in [3.8, 4) is 0 Å². The third kappa shape index (κ3) is 3.87. The Bertz CT molecular complexity index is 371. The molecule has 0 rings (SSSR count). The lowest BCUT2D eigenvalue weighted by atomic mass is 10.1. The Hall–Kier alpha value is -0.950. The molecule has 0 unspecified atom stereocenters. The van der Waals surface area contributed by atoms with Crippen LogP contribution in [0.3, 0.4) is 0 Å². The van der Waals surface area contributed by atoms with E-state index in [1.165, 1.54) is 0 Å². The molecule has 0 bridgehead atoms. The normalized spacial score (nSPS) is 15.5. The van der Waals surface area contributed by atoms with Gasteiger partial charge in [0.15, 0.2) is 0 Å². The van der Waals surface area contributed by atoms with E-state index in [-0.39, 0.29) is 0 Å². The van der Waals surface area contributed by atoms with Crippen molar-refractivity contribution in [2.24, 2.45) is 0 Å². The highest BCUT2D eigenvalue weighted by atomic mass is 19.4. The number of halogens is 13. The van der Waals surface area contributed by atoms with Crippen LogP contribution in [0.1, 0.15) is 0 Å². The second kappa shape index (κ2) is 5.92. The molecule has 0 fully saturated rings. The van der Waals surface area contributed by atoms with E-state index >= 15 is 0 Å². The standard InChI is InChI=1S/C8H5F13O/c9-3(10)6(15,16)7(17,18)4(11,12)1-22-2-5(13,14)8(19,20)21/h3H,1-2H2. The van der Waals surface area contributed by atoms with Crippen molar-refractivity contribution in [1.29, 1.82) is 0 Å². The minimum absolute atomic E-state index is 2.89. The molecule has 0 amide bonds. The van der Waals surface area contributed by atoms with Crippen molar-refractivity contribution in [3.63, 3.8) is 0 Å². The van der Waals surface area contributed by atoms with Crippen LogP contribution in [0.4, 0.5) is 57.1 Å². The summed E-state index contributed by atoms with van der Waals surface area (Å²) in [5.74, 6) is -25.2. The van der Waals surface area contributed by atoms with Gasteiger partial charge in [0, 0.05) is 0 Å². The minimum atomic E-state index is -6.75. The van der Waals surface area contributed by atoms with Crippen molar-refractivity contribution < 1.29 is 61.8 Å². The van der Waals surface area contributed by atoms with E-state index in [0.29, 0.717) is 0 Å². The van der Waals surface area contributed by atoms with E-state index < -0.39 is 49.5 Å². The maximum Gasteiger partial charge on any atom is 0.455 e. The summed E-state index contributed by atoms with van der Waals surface area (Å²) in [5, 5.41) is 0. The van der Waals surface area contributed by atoms with Gasteiger partial charge in [-0.05, 0) is 0 Å². The molecular weight excluding hydrogens is 359 g/mol. The highest BCUT2D eigenvalue weighted by molar-refractivity contribution is 4.98. The molecule has 0 N–H and O–H groups in total. The average molecular weight is 364 g/mol. The second-order valence-electron chi connectivity index (χ2n) is 3.90. The molecule has 134 valence electrons. The third-order valence-corrected chi connectivity index (χ3v) is 2.13. The topological polar surface area (TPSA) is 9.23 Å². The summed E-state index contributed by atoms with van der Waals surface area (Å²) in [5.41, 5.74) is 0. The molecule has 0 aromatic rings. The predicted molar refractivity (Wildman–Crippen MR) is 42.7 cm³/mol. The van der Waals surface area contributed by atoms with Gasteiger partial charge in [-0.1, -0.05) is 0 Å². The lowest BCUT2D eigenvalue weighted by molar-refractivity contribution is -0.352. The first kappa shape index (κ1) is 21.0. The van der Waals surface area contributed by atoms with Gasteiger partial charge >= 0.3 is 36.3 Å². The van der Waals surface area contributed by atoms with Crippen LogP contribution in [0.5, 0.6) is 0 Å². The molecular formula is C8H5F13O. The van der Waals surface area contributed by atoms with Crippen molar-refractivity contribution in [2.45, 2.75) is 36.3 Å². The van der Waals surface area contributed by atoms with Crippen LogP contribution in [0.15, 0.2) is 0 Å². The van der Waals surface area contributed by atoms with Crippen LogP contribution in [0, 0.1) is 0 Å². The molecule has 0 atom stereocenters.